The highest BCUT2D eigenvalue weighted by Gasteiger charge is 1.97. The first kappa shape index (κ1) is 11.5. The summed E-state index contributed by atoms with van der Waals surface area (Å²) in [5.74, 6) is 0.896. The largest absolute Gasteiger partial charge is 0.497 e. The quantitative estimate of drug-likeness (QED) is 0.814. The third-order valence-corrected chi connectivity index (χ3v) is 2.75. The lowest BCUT2D eigenvalue weighted by atomic mass is 10.0. The van der Waals surface area contributed by atoms with Crippen LogP contribution in [-0.2, 0) is 12.8 Å². The monoisotopic (exact) mass is 226 g/mol. The molecule has 0 saturated heterocycles. The van der Waals surface area contributed by atoms with E-state index in [9.17, 15) is 0 Å². The van der Waals surface area contributed by atoms with Crippen LogP contribution in [0.1, 0.15) is 11.1 Å². The van der Waals surface area contributed by atoms with Crippen molar-refractivity contribution >= 4 is 5.69 Å². The highest BCUT2D eigenvalue weighted by molar-refractivity contribution is 5.39. The van der Waals surface area contributed by atoms with Crippen LogP contribution in [0, 0.1) is 6.07 Å². The molecule has 2 rings (SSSR count). The van der Waals surface area contributed by atoms with Gasteiger partial charge in [0, 0.05) is 11.8 Å². The smallest absolute Gasteiger partial charge is 0.118 e. The molecule has 0 saturated carbocycles. The summed E-state index contributed by atoms with van der Waals surface area (Å²) in [6, 6.07) is 17.0. The van der Waals surface area contributed by atoms with Crippen molar-refractivity contribution in [3.8, 4) is 5.75 Å². The fourth-order valence-electron chi connectivity index (χ4n) is 1.77. The van der Waals surface area contributed by atoms with Gasteiger partial charge in [-0.3, -0.25) is 0 Å². The molecule has 2 aromatic carbocycles. The van der Waals surface area contributed by atoms with Crippen molar-refractivity contribution in [1.29, 1.82) is 0 Å². The second-order valence-corrected chi connectivity index (χ2v) is 4.00. The third kappa shape index (κ3) is 3.25. The van der Waals surface area contributed by atoms with Gasteiger partial charge in [0.2, 0.25) is 0 Å². The zero-order valence-electron chi connectivity index (χ0n) is 9.94. The molecule has 0 aromatic heterocycles. The summed E-state index contributed by atoms with van der Waals surface area (Å²) >= 11 is 0. The molecule has 1 radical (unpaired) electrons. The van der Waals surface area contributed by atoms with E-state index in [1.165, 1.54) is 11.1 Å². The first-order chi connectivity index (χ1) is 8.28. The van der Waals surface area contributed by atoms with Crippen LogP contribution < -0.4 is 10.5 Å². The highest BCUT2D eigenvalue weighted by Crippen LogP contribution is 2.14. The molecule has 0 unspecified atom stereocenters. The molecule has 0 bridgehead atoms. The molecule has 0 aliphatic carbocycles. The number of nitrogen functional groups attached to an aromatic ring is 1. The molecule has 0 heterocycles. The Morgan fingerprint density at radius 1 is 1.06 bits per heavy atom. The first-order valence-electron chi connectivity index (χ1n) is 5.67. The van der Waals surface area contributed by atoms with Gasteiger partial charge in [-0.1, -0.05) is 24.3 Å². The number of methoxy groups -OCH3 is 1. The average molecular weight is 226 g/mol. The maximum absolute atomic E-state index is 5.69. The van der Waals surface area contributed by atoms with Crippen LogP contribution in [0.25, 0.3) is 0 Å². The van der Waals surface area contributed by atoms with E-state index in [2.05, 4.69) is 24.3 Å². The van der Waals surface area contributed by atoms with Crippen LogP contribution in [0.4, 0.5) is 5.69 Å². The minimum absolute atomic E-state index is 0.706. The Balaban J connectivity index is 1.97. The minimum atomic E-state index is 0.706. The zero-order chi connectivity index (χ0) is 12.1. The van der Waals surface area contributed by atoms with Crippen LogP contribution in [0.2, 0.25) is 0 Å². The lowest BCUT2D eigenvalue weighted by Crippen LogP contribution is -1.93. The van der Waals surface area contributed by atoms with Crippen molar-refractivity contribution in [2.45, 2.75) is 12.8 Å². The molecular formula is C15H16NO. The summed E-state index contributed by atoms with van der Waals surface area (Å²) in [7, 11) is 1.68. The maximum Gasteiger partial charge on any atom is 0.118 e. The van der Waals surface area contributed by atoms with Crippen molar-refractivity contribution in [2.75, 3.05) is 12.8 Å². The van der Waals surface area contributed by atoms with Crippen molar-refractivity contribution in [3.05, 3.63) is 59.7 Å². The Kier molecular flexibility index (Phi) is 3.66. The number of benzene rings is 2. The Morgan fingerprint density at radius 3 is 2.41 bits per heavy atom. The average Bonchev–Trinajstić information content (AvgIpc) is 2.37. The van der Waals surface area contributed by atoms with Gasteiger partial charge < -0.3 is 10.5 Å². The molecule has 0 aliphatic rings. The van der Waals surface area contributed by atoms with Crippen molar-refractivity contribution in [3.63, 3.8) is 0 Å². The molecule has 2 nitrogen and oxygen atoms in total. The second kappa shape index (κ2) is 5.39. The summed E-state index contributed by atoms with van der Waals surface area (Å²) in [6.07, 6.45) is 2.00. The lowest BCUT2D eigenvalue weighted by molar-refractivity contribution is 0.414. The van der Waals surface area contributed by atoms with Crippen molar-refractivity contribution in [1.82, 2.24) is 0 Å². The van der Waals surface area contributed by atoms with Gasteiger partial charge in [0.15, 0.2) is 0 Å². The maximum atomic E-state index is 5.69. The molecule has 87 valence electrons. The summed E-state index contributed by atoms with van der Waals surface area (Å²) in [5.41, 5.74) is 8.95. The van der Waals surface area contributed by atoms with E-state index < -0.39 is 0 Å². The van der Waals surface area contributed by atoms with Gasteiger partial charge >= 0.3 is 0 Å². The molecule has 2 aromatic rings. The van der Waals surface area contributed by atoms with Crippen LogP contribution in [0.15, 0.2) is 42.5 Å². The van der Waals surface area contributed by atoms with E-state index in [1.54, 1.807) is 7.11 Å². The fraction of sp³-hybridized carbons (Fsp3) is 0.200. The van der Waals surface area contributed by atoms with Gasteiger partial charge in [0.05, 0.1) is 7.11 Å². The van der Waals surface area contributed by atoms with Gasteiger partial charge in [-0.25, -0.2) is 0 Å². The fourth-order valence-corrected chi connectivity index (χ4v) is 1.77. The number of hydrogen-bond acceptors (Lipinski definition) is 2. The molecular weight excluding hydrogens is 210 g/mol. The van der Waals surface area contributed by atoms with E-state index in [4.69, 9.17) is 10.5 Å². The number of aryl methyl sites for hydroxylation is 2. The number of anilines is 1. The van der Waals surface area contributed by atoms with Crippen LogP contribution in [0.3, 0.4) is 0 Å². The topological polar surface area (TPSA) is 35.2 Å². The van der Waals surface area contributed by atoms with Crippen molar-refractivity contribution in [2.24, 2.45) is 0 Å². The highest BCUT2D eigenvalue weighted by atomic mass is 16.5. The van der Waals surface area contributed by atoms with Gasteiger partial charge in [-0.05, 0) is 42.2 Å². The van der Waals surface area contributed by atoms with Gasteiger partial charge in [-0.15, -0.1) is 0 Å². The summed E-state index contributed by atoms with van der Waals surface area (Å²) < 4.78 is 5.13. The van der Waals surface area contributed by atoms with Gasteiger partial charge in [-0.2, -0.15) is 0 Å². The Labute approximate surface area is 102 Å². The summed E-state index contributed by atoms with van der Waals surface area (Å²) in [5, 5.41) is 0. The van der Waals surface area contributed by atoms with Crippen LogP contribution in [-0.4, -0.2) is 7.11 Å². The molecule has 2 N–H and O–H groups in total. The molecule has 0 spiro atoms. The van der Waals surface area contributed by atoms with Gasteiger partial charge in [0.25, 0.3) is 0 Å². The number of hydrogen-bond donors (Lipinski definition) is 1. The van der Waals surface area contributed by atoms with Gasteiger partial charge in [0.1, 0.15) is 5.75 Å². The predicted molar refractivity (Wildman–Crippen MR) is 70.1 cm³/mol. The molecule has 0 aliphatic heterocycles. The second-order valence-electron chi connectivity index (χ2n) is 4.00. The Hall–Kier alpha value is -1.96. The molecule has 17 heavy (non-hydrogen) atoms. The molecule has 0 atom stereocenters. The zero-order valence-corrected chi connectivity index (χ0v) is 9.94. The molecule has 2 heteroatoms. The lowest BCUT2D eigenvalue weighted by Gasteiger charge is -2.04. The third-order valence-electron chi connectivity index (χ3n) is 2.75. The van der Waals surface area contributed by atoms with E-state index in [1.807, 2.05) is 24.3 Å². The predicted octanol–water partition coefficient (Wildman–Crippen LogP) is 2.86. The number of ether oxygens (including phenoxy) is 1. The SMILES string of the molecule is COc1ccc(CCc2cc[c]c(N)c2)cc1. The Bertz CT molecular complexity index is 477. The first-order valence-corrected chi connectivity index (χ1v) is 5.67. The van der Waals surface area contributed by atoms with Crippen LogP contribution >= 0.6 is 0 Å². The van der Waals surface area contributed by atoms with Crippen LogP contribution in [0.5, 0.6) is 5.75 Å². The Morgan fingerprint density at radius 2 is 1.76 bits per heavy atom. The van der Waals surface area contributed by atoms with Crippen molar-refractivity contribution < 1.29 is 4.74 Å². The van der Waals surface area contributed by atoms with E-state index >= 15 is 0 Å². The minimum Gasteiger partial charge on any atom is -0.497 e. The molecule has 0 fully saturated rings. The standard InChI is InChI=1S/C15H16NO/c1-17-15-9-7-12(8-10-15)5-6-13-3-2-4-14(16)11-13/h2-3,7-11H,5-6,16H2,1H3. The van der Waals surface area contributed by atoms with E-state index in [0.29, 0.717) is 5.69 Å². The summed E-state index contributed by atoms with van der Waals surface area (Å²) in [4.78, 5) is 0. The number of nitrogens with two attached hydrogens (primary N) is 1. The van der Waals surface area contributed by atoms with E-state index in [-0.39, 0.29) is 0 Å². The normalized spacial score (nSPS) is 10.2. The van der Waals surface area contributed by atoms with E-state index in [0.717, 1.165) is 18.6 Å². The molecule has 0 amide bonds. The summed E-state index contributed by atoms with van der Waals surface area (Å²) in [6.45, 7) is 0. The number of rotatable bonds is 4.